The highest BCUT2D eigenvalue weighted by Crippen LogP contribution is 2.42. The molecule has 1 aromatic heterocycles. The van der Waals surface area contributed by atoms with Crippen LogP contribution >= 0.6 is 0 Å². The molecule has 3 saturated heterocycles. The zero-order valence-corrected chi connectivity index (χ0v) is 15.5. The fraction of sp³-hybridized carbons (Fsp3) is 0.421. The molecule has 2 bridgehead atoms. The zero-order valence-electron chi connectivity index (χ0n) is 14.7. The molecule has 2 N–H and O–H groups in total. The van der Waals surface area contributed by atoms with E-state index in [0.717, 1.165) is 31.3 Å². The molecule has 1 aromatic carbocycles. The molecule has 0 radical (unpaired) electrons. The minimum absolute atomic E-state index is 0.0654. The summed E-state index contributed by atoms with van der Waals surface area (Å²) in [7, 11) is -4.70. The molecule has 4 heterocycles. The minimum Gasteiger partial charge on any atom is -0.387 e. The first-order valence-corrected chi connectivity index (χ1v) is 10.3. The lowest BCUT2D eigenvalue weighted by atomic mass is 9.73. The van der Waals surface area contributed by atoms with Gasteiger partial charge in [0, 0.05) is 24.0 Å². The largest absolute Gasteiger partial charge is 0.447 e. The van der Waals surface area contributed by atoms with E-state index in [4.69, 9.17) is 4.55 Å². The molecule has 8 heteroatoms. The lowest BCUT2D eigenvalue weighted by molar-refractivity contribution is -0.0445. The molecule has 0 aliphatic carbocycles. The van der Waals surface area contributed by atoms with Gasteiger partial charge < -0.3 is 9.29 Å². The van der Waals surface area contributed by atoms with Crippen molar-refractivity contribution in [2.75, 3.05) is 13.1 Å². The summed E-state index contributed by atoms with van der Waals surface area (Å²) < 4.78 is 35.8. The predicted octanol–water partition coefficient (Wildman–Crippen LogP) is 2.35. The molecule has 3 aliphatic rings. The van der Waals surface area contributed by atoms with E-state index in [9.17, 15) is 13.5 Å². The van der Waals surface area contributed by atoms with Gasteiger partial charge in [-0.2, -0.15) is 8.42 Å². The first-order valence-electron chi connectivity index (χ1n) is 8.97. The molecular formula is C19H22N2O5S. The van der Waals surface area contributed by atoms with E-state index in [-0.39, 0.29) is 11.9 Å². The molecule has 1 unspecified atom stereocenters. The van der Waals surface area contributed by atoms with Gasteiger partial charge in [0.15, 0.2) is 0 Å². The second-order valence-corrected chi connectivity index (χ2v) is 8.29. The van der Waals surface area contributed by atoms with Crippen LogP contribution in [0.3, 0.4) is 0 Å². The third kappa shape index (κ3) is 3.58. The predicted molar refractivity (Wildman–Crippen MR) is 101 cm³/mol. The summed E-state index contributed by atoms with van der Waals surface area (Å²) in [5.74, 6) is 0.675. The Morgan fingerprint density at radius 3 is 2.81 bits per heavy atom. The number of para-hydroxylation sites is 1. The zero-order chi connectivity index (χ0) is 19.2. The van der Waals surface area contributed by atoms with Crippen molar-refractivity contribution in [3.05, 3.63) is 48.6 Å². The van der Waals surface area contributed by atoms with Gasteiger partial charge in [-0.1, -0.05) is 24.3 Å². The third-order valence-corrected chi connectivity index (χ3v) is 6.13. The van der Waals surface area contributed by atoms with Gasteiger partial charge in [0.2, 0.25) is 5.88 Å². The fourth-order valence-corrected chi connectivity index (χ4v) is 4.79. The summed E-state index contributed by atoms with van der Waals surface area (Å²) in [6.07, 6.45) is 3.12. The third-order valence-electron chi connectivity index (χ3n) is 5.75. The van der Waals surface area contributed by atoms with Gasteiger partial charge in [0.1, 0.15) is 0 Å². The molecular weight excluding hydrogens is 368 g/mol. The van der Waals surface area contributed by atoms with Crippen LogP contribution in [0.2, 0.25) is 0 Å². The van der Waals surface area contributed by atoms with Crippen LogP contribution in [-0.2, 0) is 10.4 Å². The summed E-state index contributed by atoms with van der Waals surface area (Å²) >= 11 is 0. The molecule has 0 saturated carbocycles. The first kappa shape index (κ1) is 18.4. The van der Waals surface area contributed by atoms with E-state index in [0.29, 0.717) is 22.9 Å². The van der Waals surface area contributed by atoms with Crippen molar-refractivity contribution in [3.63, 3.8) is 0 Å². The first-order chi connectivity index (χ1) is 12.9. The van der Waals surface area contributed by atoms with Crippen molar-refractivity contribution in [3.8, 4) is 5.88 Å². The monoisotopic (exact) mass is 390 g/mol. The highest BCUT2D eigenvalue weighted by atomic mass is 32.3. The minimum atomic E-state index is -4.70. The van der Waals surface area contributed by atoms with Crippen molar-refractivity contribution in [1.29, 1.82) is 0 Å². The number of aromatic nitrogens is 1. The number of aliphatic hydroxyl groups excluding tert-OH is 1. The molecule has 0 spiro atoms. The second kappa shape index (κ2) is 6.87. The van der Waals surface area contributed by atoms with Crippen LogP contribution in [0.4, 0.5) is 0 Å². The van der Waals surface area contributed by atoms with Crippen molar-refractivity contribution >= 4 is 21.3 Å². The molecule has 0 amide bonds. The molecule has 3 fully saturated rings. The van der Waals surface area contributed by atoms with Gasteiger partial charge in [0.25, 0.3) is 0 Å². The molecule has 144 valence electrons. The SMILES string of the molecule is C=C[C@@H]1CN2CC[C@H]1C[C@H]2[C@H](O)c1cc(OS(=O)(=O)O)nc2ccccc12. The number of benzene rings is 1. The smallest absolute Gasteiger partial charge is 0.387 e. The highest BCUT2D eigenvalue weighted by molar-refractivity contribution is 7.81. The molecule has 2 aromatic rings. The summed E-state index contributed by atoms with van der Waals surface area (Å²) in [6.45, 7) is 5.72. The van der Waals surface area contributed by atoms with Crippen LogP contribution in [0, 0.1) is 11.8 Å². The van der Waals surface area contributed by atoms with E-state index < -0.39 is 16.5 Å². The Kier molecular flexibility index (Phi) is 4.67. The Morgan fingerprint density at radius 2 is 2.15 bits per heavy atom. The van der Waals surface area contributed by atoms with Gasteiger partial charge >= 0.3 is 10.4 Å². The average Bonchev–Trinajstić information content (AvgIpc) is 2.65. The Balaban J connectivity index is 1.73. The number of hydrogen-bond acceptors (Lipinski definition) is 6. The quantitative estimate of drug-likeness (QED) is 0.597. The maximum Gasteiger partial charge on any atom is 0.447 e. The van der Waals surface area contributed by atoms with Crippen LogP contribution in [0.25, 0.3) is 10.9 Å². The normalized spacial score (nSPS) is 28.8. The van der Waals surface area contributed by atoms with Crippen molar-refractivity contribution in [1.82, 2.24) is 9.88 Å². The van der Waals surface area contributed by atoms with Gasteiger partial charge in [-0.3, -0.25) is 9.45 Å². The van der Waals surface area contributed by atoms with Crippen molar-refractivity contribution in [2.24, 2.45) is 11.8 Å². The fourth-order valence-electron chi connectivity index (χ4n) is 4.49. The molecule has 5 rings (SSSR count). The number of pyridine rings is 1. The second-order valence-electron chi connectivity index (χ2n) is 7.27. The van der Waals surface area contributed by atoms with E-state index in [2.05, 4.69) is 20.6 Å². The summed E-state index contributed by atoms with van der Waals surface area (Å²) in [6, 6.07) is 8.48. The van der Waals surface area contributed by atoms with Crippen molar-refractivity contribution < 1.29 is 22.3 Å². The average molecular weight is 390 g/mol. The summed E-state index contributed by atoms with van der Waals surface area (Å²) in [5.41, 5.74) is 1.04. The van der Waals surface area contributed by atoms with Crippen LogP contribution in [0.1, 0.15) is 24.5 Å². The number of hydrogen-bond donors (Lipinski definition) is 2. The van der Waals surface area contributed by atoms with Gasteiger partial charge in [-0.15, -0.1) is 6.58 Å². The molecule has 3 aliphatic heterocycles. The Bertz CT molecular complexity index is 977. The number of rotatable bonds is 5. The number of piperidine rings is 3. The lowest BCUT2D eigenvalue weighted by Crippen LogP contribution is -2.54. The standard InChI is InChI=1S/C19H22N2O5S/c1-2-12-11-21-8-7-13(12)9-17(21)19(22)15-10-18(26-27(23,24)25)20-16-6-4-3-5-14(15)16/h2-6,10,12-13,17,19,22H,1,7-9,11H2,(H,23,24,25)/t12-,13+,17+,19-/m1/s1. The number of aliphatic hydroxyl groups is 1. The maximum atomic E-state index is 11.2. The van der Waals surface area contributed by atoms with Crippen LogP contribution in [0.15, 0.2) is 43.0 Å². The van der Waals surface area contributed by atoms with E-state index in [1.165, 1.54) is 6.07 Å². The number of fused-ring (bicyclic) bond motifs is 4. The van der Waals surface area contributed by atoms with Crippen LogP contribution in [0.5, 0.6) is 5.88 Å². The maximum absolute atomic E-state index is 11.2. The molecule has 27 heavy (non-hydrogen) atoms. The summed E-state index contributed by atoms with van der Waals surface area (Å²) in [4.78, 5) is 6.40. The van der Waals surface area contributed by atoms with Crippen molar-refractivity contribution in [2.45, 2.75) is 25.0 Å². The molecule has 5 atom stereocenters. The summed E-state index contributed by atoms with van der Waals surface area (Å²) in [5, 5.41) is 11.9. The van der Waals surface area contributed by atoms with Gasteiger partial charge in [-0.05, 0) is 42.9 Å². The van der Waals surface area contributed by atoms with Gasteiger partial charge in [0.05, 0.1) is 11.6 Å². The number of nitrogens with zero attached hydrogens (tertiary/aromatic N) is 2. The topological polar surface area (TPSA) is 100.0 Å². The highest BCUT2D eigenvalue weighted by Gasteiger charge is 2.42. The lowest BCUT2D eigenvalue weighted by Gasteiger charge is -2.50. The van der Waals surface area contributed by atoms with E-state index in [1.54, 1.807) is 12.1 Å². The van der Waals surface area contributed by atoms with Crippen LogP contribution < -0.4 is 4.18 Å². The van der Waals surface area contributed by atoms with Gasteiger partial charge in [-0.25, -0.2) is 4.98 Å². The Hall–Kier alpha value is -2.00. The Labute approximate surface area is 158 Å². The molecule has 7 nitrogen and oxygen atoms in total. The van der Waals surface area contributed by atoms with E-state index in [1.807, 2.05) is 18.2 Å². The van der Waals surface area contributed by atoms with Crippen LogP contribution in [-0.4, -0.2) is 47.1 Å². The van der Waals surface area contributed by atoms with E-state index >= 15 is 0 Å². The Morgan fingerprint density at radius 1 is 1.37 bits per heavy atom.